The van der Waals surface area contributed by atoms with Gasteiger partial charge in [-0.3, -0.25) is 19.5 Å². The molecular weight excluding hydrogens is 450 g/mol. The first-order valence-electron chi connectivity index (χ1n) is 11.5. The van der Waals surface area contributed by atoms with E-state index in [1.54, 1.807) is 47.6 Å². The monoisotopic (exact) mass is 481 g/mol. The molecule has 5 rings (SSSR count). The molecule has 35 heavy (non-hydrogen) atoms. The SMILES string of the molecule is C.O=C1C(=O)N(CCCN2CCOCC2)C(c2ccncc2)C1=C(O)c1ccc2c(c1)OCCO2. The van der Waals surface area contributed by atoms with Gasteiger partial charge in [-0.2, -0.15) is 0 Å². The first kappa shape index (κ1) is 24.7. The van der Waals surface area contributed by atoms with E-state index in [4.69, 9.17) is 14.2 Å². The summed E-state index contributed by atoms with van der Waals surface area (Å²) in [6.07, 6.45) is 3.94. The van der Waals surface area contributed by atoms with Gasteiger partial charge in [0.15, 0.2) is 11.5 Å². The van der Waals surface area contributed by atoms with Crippen LogP contribution < -0.4 is 9.47 Å². The lowest BCUT2D eigenvalue weighted by molar-refractivity contribution is -0.140. The Morgan fingerprint density at radius 2 is 1.69 bits per heavy atom. The standard InChI is InChI=1S/C25H27N3O6.CH4/c29-23(18-2-3-19-20(16-18)34-15-14-33-19)21-22(17-4-6-26-7-5-17)28(25(31)24(21)30)9-1-8-27-10-12-32-13-11-27;/h2-7,16,22,29H,1,8-15H2;1H4. The maximum absolute atomic E-state index is 13.2. The van der Waals surface area contributed by atoms with Crippen molar-refractivity contribution in [1.82, 2.24) is 14.8 Å². The van der Waals surface area contributed by atoms with Gasteiger partial charge in [-0.05, 0) is 42.3 Å². The molecule has 4 heterocycles. The minimum absolute atomic E-state index is 0. The Labute approximate surface area is 204 Å². The summed E-state index contributed by atoms with van der Waals surface area (Å²) in [5.74, 6) is -0.455. The lowest BCUT2D eigenvalue weighted by Gasteiger charge is -2.29. The van der Waals surface area contributed by atoms with Gasteiger partial charge in [0.25, 0.3) is 11.7 Å². The second-order valence-electron chi connectivity index (χ2n) is 8.44. The third-order valence-electron chi connectivity index (χ3n) is 6.35. The molecule has 1 aromatic carbocycles. The van der Waals surface area contributed by atoms with Crippen LogP contribution in [0.3, 0.4) is 0 Å². The number of benzene rings is 1. The van der Waals surface area contributed by atoms with Gasteiger partial charge in [-0.15, -0.1) is 0 Å². The number of hydrogen-bond donors (Lipinski definition) is 1. The lowest BCUT2D eigenvalue weighted by atomic mass is 9.95. The summed E-state index contributed by atoms with van der Waals surface area (Å²) in [5.41, 5.74) is 1.19. The molecule has 2 aromatic rings. The maximum Gasteiger partial charge on any atom is 0.295 e. The van der Waals surface area contributed by atoms with Crippen molar-refractivity contribution in [2.24, 2.45) is 0 Å². The summed E-state index contributed by atoms with van der Waals surface area (Å²) >= 11 is 0. The number of likely N-dealkylation sites (tertiary alicyclic amines) is 1. The number of rotatable bonds is 6. The molecule has 1 amide bonds. The Morgan fingerprint density at radius 3 is 2.43 bits per heavy atom. The number of morpholine rings is 1. The number of aliphatic hydroxyl groups excluding tert-OH is 1. The second-order valence-corrected chi connectivity index (χ2v) is 8.44. The van der Waals surface area contributed by atoms with Gasteiger partial charge in [-0.1, -0.05) is 7.43 Å². The van der Waals surface area contributed by atoms with E-state index in [0.717, 1.165) is 25.2 Å². The van der Waals surface area contributed by atoms with Crippen LogP contribution in [-0.4, -0.2) is 84.2 Å². The Hall–Kier alpha value is -3.43. The molecule has 9 nitrogen and oxygen atoms in total. The quantitative estimate of drug-likeness (QED) is 0.382. The summed E-state index contributed by atoms with van der Waals surface area (Å²) in [7, 11) is 0. The molecule has 0 aliphatic carbocycles. The summed E-state index contributed by atoms with van der Waals surface area (Å²) in [6.45, 7) is 5.18. The van der Waals surface area contributed by atoms with Crippen LogP contribution >= 0.6 is 0 Å². The molecule has 186 valence electrons. The van der Waals surface area contributed by atoms with Crippen LogP contribution in [0.15, 0.2) is 48.3 Å². The van der Waals surface area contributed by atoms with Crippen LogP contribution in [0.1, 0.15) is 31.0 Å². The smallest absolute Gasteiger partial charge is 0.295 e. The molecule has 9 heteroatoms. The molecule has 0 spiro atoms. The Morgan fingerprint density at radius 1 is 0.971 bits per heavy atom. The highest BCUT2D eigenvalue weighted by molar-refractivity contribution is 6.46. The fourth-order valence-corrected chi connectivity index (χ4v) is 4.64. The topological polar surface area (TPSA) is 101 Å². The first-order chi connectivity index (χ1) is 16.6. The average Bonchev–Trinajstić information content (AvgIpc) is 3.14. The minimum Gasteiger partial charge on any atom is -0.507 e. The van der Waals surface area contributed by atoms with Crippen molar-refractivity contribution in [3.8, 4) is 11.5 Å². The van der Waals surface area contributed by atoms with Gasteiger partial charge in [0.05, 0.1) is 24.8 Å². The van der Waals surface area contributed by atoms with Crippen molar-refractivity contribution >= 4 is 17.4 Å². The van der Waals surface area contributed by atoms with Crippen LogP contribution in [-0.2, 0) is 14.3 Å². The number of ether oxygens (including phenoxy) is 3. The van der Waals surface area contributed by atoms with E-state index in [-0.39, 0.29) is 18.8 Å². The zero-order chi connectivity index (χ0) is 23.5. The minimum atomic E-state index is -0.694. The molecule has 1 aromatic heterocycles. The number of amides is 1. The third kappa shape index (κ3) is 5.01. The van der Waals surface area contributed by atoms with E-state index in [0.29, 0.717) is 56.5 Å². The maximum atomic E-state index is 13.2. The van der Waals surface area contributed by atoms with Crippen LogP contribution in [0.2, 0.25) is 0 Å². The number of hydrogen-bond acceptors (Lipinski definition) is 8. The number of aliphatic hydroxyl groups is 1. The van der Waals surface area contributed by atoms with Crippen molar-refractivity contribution in [2.45, 2.75) is 19.9 Å². The van der Waals surface area contributed by atoms with E-state index >= 15 is 0 Å². The van der Waals surface area contributed by atoms with Gasteiger partial charge >= 0.3 is 0 Å². The lowest BCUT2D eigenvalue weighted by Crippen LogP contribution is -2.38. The van der Waals surface area contributed by atoms with E-state index in [1.165, 1.54) is 0 Å². The fourth-order valence-electron chi connectivity index (χ4n) is 4.64. The van der Waals surface area contributed by atoms with Gasteiger partial charge in [0.1, 0.15) is 19.0 Å². The highest BCUT2D eigenvalue weighted by Gasteiger charge is 2.45. The van der Waals surface area contributed by atoms with Gasteiger partial charge in [-0.25, -0.2) is 0 Å². The summed E-state index contributed by atoms with van der Waals surface area (Å²) in [6, 6.07) is 7.84. The molecule has 1 N–H and O–H groups in total. The summed E-state index contributed by atoms with van der Waals surface area (Å²) in [5, 5.41) is 11.2. The van der Waals surface area contributed by atoms with E-state index in [9.17, 15) is 14.7 Å². The molecule has 1 unspecified atom stereocenters. The zero-order valence-electron chi connectivity index (χ0n) is 18.8. The van der Waals surface area contributed by atoms with Gasteiger partial charge in [0.2, 0.25) is 0 Å². The molecule has 3 aliphatic heterocycles. The van der Waals surface area contributed by atoms with Crippen LogP contribution in [0, 0.1) is 0 Å². The van der Waals surface area contributed by atoms with E-state index < -0.39 is 17.7 Å². The molecule has 0 radical (unpaired) electrons. The normalized spacial score (nSPS) is 21.6. The number of Topliss-reactive ketones (excluding diaryl/α,β-unsaturated/α-hetero) is 1. The Kier molecular flexibility index (Phi) is 7.67. The van der Waals surface area contributed by atoms with E-state index in [2.05, 4.69) is 9.88 Å². The molecule has 3 aliphatic rings. The van der Waals surface area contributed by atoms with Crippen molar-refractivity contribution in [3.05, 3.63) is 59.4 Å². The third-order valence-corrected chi connectivity index (χ3v) is 6.35. The number of fused-ring (bicyclic) bond motifs is 1. The van der Waals surface area contributed by atoms with Crippen molar-refractivity contribution in [2.75, 3.05) is 52.6 Å². The highest BCUT2D eigenvalue weighted by atomic mass is 16.6. The molecule has 1 atom stereocenters. The Balaban J connectivity index is 0.00000289. The van der Waals surface area contributed by atoms with Crippen LogP contribution in [0.5, 0.6) is 11.5 Å². The molecule has 2 saturated heterocycles. The Bertz CT molecular complexity index is 1100. The average molecular weight is 482 g/mol. The summed E-state index contributed by atoms with van der Waals surface area (Å²) < 4.78 is 16.6. The number of aromatic nitrogens is 1. The molecular formula is C26H31N3O6. The van der Waals surface area contributed by atoms with Crippen molar-refractivity contribution < 1.29 is 28.9 Å². The first-order valence-corrected chi connectivity index (χ1v) is 11.5. The molecule has 0 bridgehead atoms. The highest BCUT2D eigenvalue weighted by Crippen LogP contribution is 2.41. The van der Waals surface area contributed by atoms with Gasteiger partial charge < -0.3 is 24.2 Å². The van der Waals surface area contributed by atoms with Crippen LogP contribution in [0.25, 0.3) is 5.76 Å². The van der Waals surface area contributed by atoms with Crippen LogP contribution in [0.4, 0.5) is 0 Å². The predicted molar refractivity (Wildman–Crippen MR) is 129 cm³/mol. The second kappa shape index (κ2) is 10.9. The van der Waals surface area contributed by atoms with Gasteiger partial charge in [0, 0.05) is 44.1 Å². The molecule has 2 fully saturated rings. The number of pyridine rings is 1. The summed E-state index contributed by atoms with van der Waals surface area (Å²) in [4.78, 5) is 34.2. The fraction of sp³-hybridized carbons (Fsp3) is 0.423. The zero-order valence-corrected chi connectivity index (χ0v) is 18.8. The number of nitrogens with zero attached hydrogens (tertiary/aromatic N) is 3. The number of ketones is 1. The molecule has 0 saturated carbocycles. The van der Waals surface area contributed by atoms with Crippen molar-refractivity contribution in [1.29, 1.82) is 0 Å². The van der Waals surface area contributed by atoms with E-state index in [1.807, 2.05) is 0 Å². The number of carbonyl (C=O) groups excluding carboxylic acids is 2. The number of carbonyl (C=O) groups is 2. The predicted octanol–water partition coefficient (Wildman–Crippen LogP) is 2.63. The largest absolute Gasteiger partial charge is 0.507 e. The van der Waals surface area contributed by atoms with Crippen molar-refractivity contribution in [3.63, 3.8) is 0 Å².